The summed E-state index contributed by atoms with van der Waals surface area (Å²) in [6.45, 7) is 9.28. The number of ether oxygens (including phenoxy) is 2. The molecule has 1 unspecified atom stereocenters. The van der Waals surface area contributed by atoms with Gasteiger partial charge in [-0.1, -0.05) is 13.8 Å². The van der Waals surface area contributed by atoms with Gasteiger partial charge in [0.15, 0.2) is 5.96 Å². The molecule has 7 nitrogen and oxygen atoms in total. The smallest absolute Gasteiger partial charge is 0.191 e. The van der Waals surface area contributed by atoms with E-state index in [2.05, 4.69) is 34.4 Å². The quantitative estimate of drug-likeness (QED) is 0.502. The van der Waals surface area contributed by atoms with Crippen LogP contribution in [0.4, 0.5) is 0 Å². The van der Waals surface area contributed by atoms with E-state index in [9.17, 15) is 5.11 Å². The number of guanidine groups is 1. The van der Waals surface area contributed by atoms with Crippen molar-refractivity contribution in [2.24, 2.45) is 10.9 Å². The Morgan fingerprint density at radius 3 is 2.65 bits per heavy atom. The first kappa shape index (κ1) is 20.3. The number of phenols is 1. The van der Waals surface area contributed by atoms with Crippen molar-refractivity contribution in [2.45, 2.75) is 26.4 Å². The van der Waals surface area contributed by atoms with Crippen LogP contribution in [0.1, 0.15) is 19.4 Å². The molecule has 26 heavy (non-hydrogen) atoms. The largest absolute Gasteiger partial charge is 0.508 e. The summed E-state index contributed by atoms with van der Waals surface area (Å²) in [6.07, 6.45) is 0. The Morgan fingerprint density at radius 2 is 2.04 bits per heavy atom. The minimum atomic E-state index is 0.238. The topological polar surface area (TPSA) is 78.4 Å². The van der Waals surface area contributed by atoms with Crippen molar-refractivity contribution in [2.75, 3.05) is 47.0 Å². The molecular formula is C19H32N4O3. The van der Waals surface area contributed by atoms with Crippen LogP contribution >= 0.6 is 0 Å². The standard InChI is InChI=1S/C19H32N4O3/c1-14(2)17(23-7-9-26-10-8-23)13-22-19(20-3)21-12-15-11-16(25-4)5-6-18(15)24/h5-6,11,14,17,24H,7-10,12-13H2,1-4H3,(H2,20,21,22). The SMILES string of the molecule is CN=C(NCc1cc(OC)ccc1O)NCC(C(C)C)N1CCOCC1. The number of nitrogens with zero attached hydrogens (tertiary/aromatic N) is 2. The van der Waals surface area contributed by atoms with Crippen molar-refractivity contribution in [3.8, 4) is 11.5 Å². The fourth-order valence-corrected chi connectivity index (χ4v) is 3.13. The number of benzene rings is 1. The van der Waals surface area contributed by atoms with Gasteiger partial charge >= 0.3 is 0 Å². The molecule has 1 aromatic rings. The highest BCUT2D eigenvalue weighted by Crippen LogP contribution is 2.22. The molecule has 0 aliphatic carbocycles. The molecule has 0 aromatic heterocycles. The second-order valence-electron chi connectivity index (χ2n) is 6.76. The summed E-state index contributed by atoms with van der Waals surface area (Å²) >= 11 is 0. The number of methoxy groups -OCH3 is 1. The van der Waals surface area contributed by atoms with Crippen LogP contribution in [0.2, 0.25) is 0 Å². The molecule has 1 fully saturated rings. The van der Waals surface area contributed by atoms with Crippen molar-refractivity contribution in [3.05, 3.63) is 23.8 Å². The summed E-state index contributed by atoms with van der Waals surface area (Å²) < 4.78 is 10.7. The van der Waals surface area contributed by atoms with Crippen molar-refractivity contribution in [1.82, 2.24) is 15.5 Å². The highest BCUT2D eigenvalue weighted by atomic mass is 16.5. The zero-order valence-electron chi connectivity index (χ0n) is 16.3. The minimum Gasteiger partial charge on any atom is -0.508 e. The lowest BCUT2D eigenvalue weighted by molar-refractivity contribution is 0.00752. The molecule has 0 amide bonds. The van der Waals surface area contributed by atoms with E-state index in [4.69, 9.17) is 9.47 Å². The zero-order valence-corrected chi connectivity index (χ0v) is 16.3. The Kier molecular flexibility index (Phi) is 8.00. The van der Waals surface area contributed by atoms with Gasteiger partial charge in [-0.15, -0.1) is 0 Å². The maximum absolute atomic E-state index is 10.0. The van der Waals surface area contributed by atoms with Crippen LogP contribution in [-0.4, -0.2) is 69.0 Å². The number of hydrogen-bond donors (Lipinski definition) is 3. The second-order valence-corrected chi connectivity index (χ2v) is 6.76. The summed E-state index contributed by atoms with van der Waals surface area (Å²) in [6, 6.07) is 5.61. The molecule has 0 saturated carbocycles. The normalized spacial score (nSPS) is 17.2. The number of aromatic hydroxyl groups is 1. The van der Waals surface area contributed by atoms with Gasteiger partial charge in [0, 0.05) is 44.8 Å². The summed E-state index contributed by atoms with van der Waals surface area (Å²) in [5, 5.41) is 16.7. The molecule has 2 rings (SSSR count). The van der Waals surface area contributed by atoms with Gasteiger partial charge in [0.1, 0.15) is 11.5 Å². The maximum Gasteiger partial charge on any atom is 0.191 e. The van der Waals surface area contributed by atoms with E-state index in [1.165, 1.54) is 0 Å². The average Bonchev–Trinajstić information content (AvgIpc) is 2.66. The summed E-state index contributed by atoms with van der Waals surface area (Å²) in [4.78, 5) is 6.76. The van der Waals surface area contributed by atoms with E-state index in [1.807, 2.05) is 6.07 Å². The highest BCUT2D eigenvalue weighted by Gasteiger charge is 2.23. The lowest BCUT2D eigenvalue weighted by atomic mass is 10.0. The Balaban J connectivity index is 1.90. The van der Waals surface area contributed by atoms with Gasteiger partial charge in [0.05, 0.1) is 20.3 Å². The molecule has 0 bridgehead atoms. The first-order chi connectivity index (χ1) is 12.5. The van der Waals surface area contributed by atoms with Gasteiger partial charge < -0.3 is 25.2 Å². The van der Waals surface area contributed by atoms with Crippen LogP contribution in [0.5, 0.6) is 11.5 Å². The Labute approximate surface area is 156 Å². The van der Waals surface area contributed by atoms with E-state index in [0.29, 0.717) is 24.5 Å². The molecule has 3 N–H and O–H groups in total. The van der Waals surface area contributed by atoms with Gasteiger partial charge in [0.25, 0.3) is 0 Å². The second kappa shape index (κ2) is 10.2. The van der Waals surface area contributed by atoms with E-state index in [-0.39, 0.29) is 5.75 Å². The number of hydrogen-bond acceptors (Lipinski definition) is 5. The van der Waals surface area contributed by atoms with Crippen LogP contribution in [0, 0.1) is 5.92 Å². The molecule has 146 valence electrons. The molecule has 1 aliphatic heterocycles. The van der Waals surface area contributed by atoms with Crippen molar-refractivity contribution in [3.63, 3.8) is 0 Å². The number of morpholine rings is 1. The Hall–Kier alpha value is -1.99. The molecule has 1 heterocycles. The van der Waals surface area contributed by atoms with E-state index < -0.39 is 0 Å². The van der Waals surface area contributed by atoms with Crippen LogP contribution in [0.15, 0.2) is 23.2 Å². The van der Waals surface area contributed by atoms with Gasteiger partial charge in [-0.3, -0.25) is 9.89 Å². The van der Waals surface area contributed by atoms with Crippen molar-refractivity contribution < 1.29 is 14.6 Å². The maximum atomic E-state index is 10.0. The zero-order chi connectivity index (χ0) is 18.9. The molecule has 0 spiro atoms. The third-order valence-electron chi connectivity index (χ3n) is 4.72. The number of rotatable bonds is 7. The molecule has 7 heteroatoms. The van der Waals surface area contributed by atoms with Crippen LogP contribution in [-0.2, 0) is 11.3 Å². The van der Waals surface area contributed by atoms with Gasteiger partial charge in [-0.2, -0.15) is 0 Å². The summed E-state index contributed by atoms with van der Waals surface area (Å²) in [5.74, 6) is 2.20. The monoisotopic (exact) mass is 364 g/mol. The first-order valence-electron chi connectivity index (χ1n) is 9.17. The molecule has 1 atom stereocenters. The lowest BCUT2D eigenvalue weighted by Crippen LogP contribution is -2.52. The van der Waals surface area contributed by atoms with E-state index >= 15 is 0 Å². The molecule has 1 aliphatic rings. The minimum absolute atomic E-state index is 0.238. The highest BCUT2D eigenvalue weighted by molar-refractivity contribution is 5.79. The number of aliphatic imine (C=N–C) groups is 1. The number of nitrogens with one attached hydrogen (secondary N) is 2. The first-order valence-corrected chi connectivity index (χ1v) is 9.17. The van der Waals surface area contributed by atoms with Gasteiger partial charge in [-0.05, 0) is 24.1 Å². The van der Waals surface area contributed by atoms with Crippen molar-refractivity contribution in [1.29, 1.82) is 0 Å². The van der Waals surface area contributed by atoms with Crippen molar-refractivity contribution >= 4 is 5.96 Å². The van der Waals surface area contributed by atoms with Crippen LogP contribution in [0.25, 0.3) is 0 Å². The predicted octanol–water partition coefficient (Wildman–Crippen LogP) is 1.42. The Morgan fingerprint density at radius 1 is 1.31 bits per heavy atom. The fourth-order valence-electron chi connectivity index (χ4n) is 3.13. The fraction of sp³-hybridized carbons (Fsp3) is 0.632. The average molecular weight is 364 g/mol. The molecule has 1 saturated heterocycles. The summed E-state index contributed by atoms with van der Waals surface area (Å²) in [7, 11) is 3.36. The van der Waals surface area contributed by atoms with Crippen LogP contribution in [0.3, 0.4) is 0 Å². The Bertz CT molecular complexity index is 586. The molecule has 1 aromatic carbocycles. The van der Waals surface area contributed by atoms with E-state index in [0.717, 1.165) is 44.2 Å². The number of phenolic OH excluding ortho intramolecular Hbond substituents is 1. The van der Waals surface area contributed by atoms with E-state index in [1.54, 1.807) is 26.3 Å². The third-order valence-corrected chi connectivity index (χ3v) is 4.72. The van der Waals surface area contributed by atoms with Gasteiger partial charge in [-0.25, -0.2) is 0 Å². The molecule has 0 radical (unpaired) electrons. The van der Waals surface area contributed by atoms with Gasteiger partial charge in [0.2, 0.25) is 0 Å². The predicted molar refractivity (Wildman–Crippen MR) is 104 cm³/mol. The lowest BCUT2D eigenvalue weighted by Gasteiger charge is -2.37. The summed E-state index contributed by atoms with van der Waals surface area (Å²) in [5.41, 5.74) is 0.765. The van der Waals surface area contributed by atoms with Crippen LogP contribution < -0.4 is 15.4 Å². The third kappa shape index (κ3) is 5.78. The molecular weight excluding hydrogens is 332 g/mol.